The van der Waals surface area contributed by atoms with Crippen molar-refractivity contribution in [3.8, 4) is 11.8 Å². The molecule has 140 valence electrons. The Labute approximate surface area is 163 Å². The van der Waals surface area contributed by atoms with E-state index in [-0.39, 0.29) is 25.0 Å². The third kappa shape index (κ3) is 7.19. The van der Waals surface area contributed by atoms with Gasteiger partial charge in [-0.25, -0.2) is 4.79 Å². The number of urea groups is 1. The lowest BCUT2D eigenvalue weighted by molar-refractivity contribution is -0.125. The molecule has 0 saturated carbocycles. The number of rotatable bonds is 10. The van der Waals surface area contributed by atoms with Crippen LogP contribution in [0.3, 0.4) is 0 Å². The average molecular weight is 421 g/mol. The highest BCUT2D eigenvalue weighted by Gasteiger charge is 2.28. The van der Waals surface area contributed by atoms with E-state index in [1.165, 1.54) is 24.2 Å². The van der Waals surface area contributed by atoms with E-state index in [1.807, 2.05) is 24.3 Å². The van der Waals surface area contributed by atoms with Gasteiger partial charge in [0.2, 0.25) is 5.91 Å². The average Bonchev–Trinajstić information content (AvgIpc) is 2.96. The fourth-order valence-electron chi connectivity index (χ4n) is 2.59. The molecule has 0 spiro atoms. The van der Waals surface area contributed by atoms with E-state index in [0.29, 0.717) is 13.0 Å². The number of hydrogen-bond donors (Lipinski definition) is 1. The molecule has 1 heterocycles. The maximum atomic E-state index is 11.6. The predicted molar refractivity (Wildman–Crippen MR) is 105 cm³/mol. The van der Waals surface area contributed by atoms with Gasteiger partial charge in [-0.2, -0.15) is 0 Å². The van der Waals surface area contributed by atoms with Gasteiger partial charge in [-0.1, -0.05) is 52.7 Å². The molecule has 1 aromatic carbocycles. The van der Waals surface area contributed by atoms with Gasteiger partial charge in [0.15, 0.2) is 0 Å². The van der Waals surface area contributed by atoms with Crippen LogP contribution >= 0.6 is 15.9 Å². The molecule has 6 heteroatoms. The second kappa shape index (κ2) is 11.7. The highest BCUT2D eigenvalue weighted by molar-refractivity contribution is 9.09. The largest absolute Gasteiger partial charge is 0.380 e. The van der Waals surface area contributed by atoms with E-state index in [2.05, 4.69) is 33.1 Å². The Hall–Kier alpha value is -1.84. The van der Waals surface area contributed by atoms with Crippen molar-refractivity contribution >= 4 is 27.9 Å². The van der Waals surface area contributed by atoms with Crippen LogP contribution in [-0.2, 0) is 16.1 Å². The number of nitrogens with one attached hydrogen (secondary N) is 1. The highest BCUT2D eigenvalue weighted by Crippen LogP contribution is 2.10. The summed E-state index contributed by atoms with van der Waals surface area (Å²) < 4.78 is 5.59. The molecule has 0 bridgehead atoms. The number of benzene rings is 1. The number of imide groups is 1. The summed E-state index contributed by atoms with van der Waals surface area (Å²) in [6, 6.07) is 7.28. The number of ether oxygens (including phenoxy) is 1. The first-order chi connectivity index (χ1) is 12.7. The molecular formula is C20H25BrN2O3. The van der Waals surface area contributed by atoms with E-state index in [1.54, 1.807) is 0 Å². The van der Waals surface area contributed by atoms with Crippen molar-refractivity contribution in [1.29, 1.82) is 0 Å². The maximum Gasteiger partial charge on any atom is 0.324 e. The van der Waals surface area contributed by atoms with Gasteiger partial charge in [0.25, 0.3) is 0 Å². The Bertz CT molecular complexity index is 651. The van der Waals surface area contributed by atoms with Crippen LogP contribution in [0.5, 0.6) is 0 Å². The minimum Gasteiger partial charge on any atom is -0.380 e. The zero-order valence-electron chi connectivity index (χ0n) is 14.9. The zero-order valence-corrected chi connectivity index (χ0v) is 16.5. The van der Waals surface area contributed by atoms with Gasteiger partial charge in [-0.3, -0.25) is 9.69 Å². The molecule has 1 aliphatic rings. The Balaban J connectivity index is 1.69. The van der Waals surface area contributed by atoms with Gasteiger partial charge in [0.05, 0.1) is 19.7 Å². The van der Waals surface area contributed by atoms with Crippen LogP contribution in [0.2, 0.25) is 0 Å². The predicted octanol–water partition coefficient (Wildman–Crippen LogP) is 3.45. The van der Waals surface area contributed by atoms with E-state index in [0.717, 1.165) is 29.5 Å². The molecule has 26 heavy (non-hydrogen) atoms. The summed E-state index contributed by atoms with van der Waals surface area (Å²) in [6.45, 7) is 1.80. The summed E-state index contributed by atoms with van der Waals surface area (Å²) in [4.78, 5) is 24.5. The molecule has 0 atom stereocenters. The molecule has 2 rings (SSSR count). The summed E-state index contributed by atoms with van der Waals surface area (Å²) in [5.41, 5.74) is 1.77. The van der Waals surface area contributed by atoms with Gasteiger partial charge in [-0.15, -0.1) is 0 Å². The van der Waals surface area contributed by atoms with Crippen molar-refractivity contribution in [3.63, 3.8) is 0 Å². The molecule has 1 aliphatic heterocycles. The van der Waals surface area contributed by atoms with Crippen molar-refractivity contribution in [3.05, 3.63) is 35.4 Å². The zero-order chi connectivity index (χ0) is 18.6. The summed E-state index contributed by atoms with van der Waals surface area (Å²) >= 11 is 3.43. The summed E-state index contributed by atoms with van der Waals surface area (Å²) in [5, 5.41) is 3.60. The number of carbonyl (C=O) groups is 2. The van der Waals surface area contributed by atoms with Crippen molar-refractivity contribution < 1.29 is 14.3 Å². The second-order valence-corrected chi connectivity index (χ2v) is 6.90. The first-order valence-electron chi connectivity index (χ1n) is 9.00. The number of amides is 3. The molecule has 0 aromatic heterocycles. The summed E-state index contributed by atoms with van der Waals surface area (Å²) in [7, 11) is 0. The lowest BCUT2D eigenvalue weighted by Gasteiger charge is -2.12. The fourth-order valence-corrected chi connectivity index (χ4v) is 2.98. The van der Waals surface area contributed by atoms with Crippen LogP contribution in [0, 0.1) is 11.8 Å². The Morgan fingerprint density at radius 3 is 2.77 bits per heavy atom. The SMILES string of the molecule is O=C1CNC(=O)N1Cc1cccc(C#CCCOCCCCCCBr)c1. The van der Waals surface area contributed by atoms with Crippen LogP contribution in [0.25, 0.3) is 0 Å². The van der Waals surface area contributed by atoms with E-state index in [9.17, 15) is 9.59 Å². The molecule has 1 fully saturated rings. The van der Waals surface area contributed by atoms with Crippen LogP contribution in [0.1, 0.15) is 43.2 Å². The van der Waals surface area contributed by atoms with Gasteiger partial charge >= 0.3 is 6.03 Å². The van der Waals surface area contributed by atoms with Crippen molar-refractivity contribution in [2.24, 2.45) is 0 Å². The molecule has 0 unspecified atom stereocenters. The smallest absolute Gasteiger partial charge is 0.324 e. The molecule has 3 amide bonds. The van der Waals surface area contributed by atoms with Gasteiger partial charge in [0.1, 0.15) is 0 Å². The lowest BCUT2D eigenvalue weighted by atomic mass is 10.1. The first kappa shape index (κ1) is 20.5. The van der Waals surface area contributed by atoms with Gasteiger partial charge in [-0.05, 0) is 30.5 Å². The molecule has 5 nitrogen and oxygen atoms in total. The Morgan fingerprint density at radius 1 is 1.15 bits per heavy atom. The molecule has 0 radical (unpaired) electrons. The van der Waals surface area contributed by atoms with Crippen LogP contribution < -0.4 is 5.32 Å². The number of hydrogen-bond acceptors (Lipinski definition) is 3. The first-order valence-corrected chi connectivity index (χ1v) is 10.1. The quantitative estimate of drug-likeness (QED) is 0.273. The third-order valence-corrected chi connectivity index (χ3v) is 4.54. The molecule has 1 N–H and O–H groups in total. The van der Waals surface area contributed by atoms with Gasteiger partial charge < -0.3 is 10.1 Å². The topological polar surface area (TPSA) is 58.6 Å². The fraction of sp³-hybridized carbons (Fsp3) is 0.500. The van der Waals surface area contributed by atoms with E-state index in [4.69, 9.17) is 4.74 Å². The molecule has 1 saturated heterocycles. The minimum absolute atomic E-state index is 0.0782. The number of nitrogens with zero attached hydrogens (tertiary/aromatic N) is 1. The van der Waals surface area contributed by atoms with Crippen LogP contribution in [-0.4, -0.2) is 41.9 Å². The summed E-state index contributed by atoms with van der Waals surface area (Å²) in [5.74, 6) is 6.02. The van der Waals surface area contributed by atoms with E-state index < -0.39 is 0 Å². The highest BCUT2D eigenvalue weighted by atomic mass is 79.9. The lowest BCUT2D eigenvalue weighted by Crippen LogP contribution is -2.30. The standard InChI is InChI=1S/C20H25BrN2O3/c21-11-4-1-2-5-12-26-13-6-3-8-17-9-7-10-18(14-17)16-23-19(24)15-22-20(23)25/h7,9-10,14H,1-2,4-6,11-13,15-16H2,(H,22,25). The molecular weight excluding hydrogens is 396 g/mol. The molecule has 1 aromatic rings. The van der Waals surface area contributed by atoms with Crippen LogP contribution in [0.15, 0.2) is 24.3 Å². The number of alkyl halides is 1. The third-order valence-electron chi connectivity index (χ3n) is 3.98. The number of unbranched alkanes of at least 4 members (excludes halogenated alkanes) is 3. The number of halogens is 1. The summed E-state index contributed by atoms with van der Waals surface area (Å²) in [6.07, 6.45) is 5.47. The maximum absolute atomic E-state index is 11.6. The van der Waals surface area contributed by atoms with Crippen molar-refractivity contribution in [2.45, 2.75) is 38.6 Å². The van der Waals surface area contributed by atoms with E-state index >= 15 is 0 Å². The van der Waals surface area contributed by atoms with Crippen LogP contribution in [0.4, 0.5) is 4.79 Å². The number of carbonyl (C=O) groups excluding carboxylic acids is 2. The second-order valence-electron chi connectivity index (χ2n) is 6.11. The monoisotopic (exact) mass is 420 g/mol. The Morgan fingerprint density at radius 2 is 2.00 bits per heavy atom. The van der Waals surface area contributed by atoms with Crippen molar-refractivity contribution in [2.75, 3.05) is 25.1 Å². The Kier molecular flexibility index (Phi) is 9.22. The van der Waals surface area contributed by atoms with Gasteiger partial charge in [0, 0.05) is 23.9 Å². The minimum atomic E-state index is -0.337. The van der Waals surface area contributed by atoms with Crippen molar-refractivity contribution in [1.82, 2.24) is 10.2 Å². The molecule has 0 aliphatic carbocycles. The normalized spacial score (nSPS) is 13.5.